The summed E-state index contributed by atoms with van der Waals surface area (Å²) in [5.41, 5.74) is 4.58. The van der Waals surface area contributed by atoms with Crippen LogP contribution in [0.25, 0.3) is 0 Å². The first-order chi connectivity index (χ1) is 8.90. The minimum absolute atomic E-state index is 0.659. The first-order valence-electron chi connectivity index (χ1n) is 7.08. The van der Waals surface area contributed by atoms with Crippen molar-refractivity contribution in [1.82, 2.24) is 5.32 Å². The topological polar surface area (TPSA) is 35.8 Å². The van der Waals surface area contributed by atoms with Gasteiger partial charge in [0.05, 0.1) is 6.07 Å². The van der Waals surface area contributed by atoms with Crippen LogP contribution in [0, 0.1) is 11.3 Å². The van der Waals surface area contributed by atoms with Gasteiger partial charge >= 0.3 is 0 Å². The number of aryl methyl sites for hydroxylation is 2. The summed E-state index contributed by atoms with van der Waals surface area (Å²) in [5, 5.41) is 11.8. The predicted octanol–water partition coefficient (Wildman–Crippen LogP) is 3.00. The van der Waals surface area contributed by atoms with Crippen LogP contribution >= 0.6 is 0 Å². The highest BCUT2D eigenvalue weighted by Gasteiger charge is 2.08. The molecule has 0 heterocycles. The van der Waals surface area contributed by atoms with E-state index < -0.39 is 0 Å². The van der Waals surface area contributed by atoms with Crippen LogP contribution in [-0.4, -0.2) is 13.1 Å². The van der Waals surface area contributed by atoms with Gasteiger partial charge in [0, 0.05) is 6.42 Å². The Morgan fingerprint density at radius 2 is 1.94 bits per heavy atom. The third-order valence-electron chi connectivity index (χ3n) is 3.65. The average molecular weight is 242 g/mol. The molecular formula is C16H22N2. The number of hydrogen-bond donors (Lipinski definition) is 1. The summed E-state index contributed by atoms with van der Waals surface area (Å²) < 4.78 is 0. The normalized spacial score (nSPS) is 13.9. The van der Waals surface area contributed by atoms with Gasteiger partial charge in [-0.25, -0.2) is 0 Å². The van der Waals surface area contributed by atoms with Gasteiger partial charge in [-0.05, 0) is 68.3 Å². The molecule has 18 heavy (non-hydrogen) atoms. The first kappa shape index (κ1) is 13.1. The Morgan fingerprint density at radius 1 is 1.11 bits per heavy atom. The number of nitrogens with one attached hydrogen (secondary N) is 1. The zero-order valence-electron chi connectivity index (χ0n) is 11.0. The van der Waals surface area contributed by atoms with E-state index in [1.807, 2.05) is 0 Å². The number of rotatable bonds is 6. The van der Waals surface area contributed by atoms with Crippen LogP contribution < -0.4 is 5.32 Å². The Bertz CT molecular complexity index is 418. The van der Waals surface area contributed by atoms with Gasteiger partial charge in [0.2, 0.25) is 0 Å². The van der Waals surface area contributed by atoms with Crippen LogP contribution in [0.2, 0.25) is 0 Å². The number of unbranched alkanes of at least 4 members (excludes halogenated alkanes) is 1. The average Bonchev–Trinajstić information content (AvgIpc) is 2.42. The second-order valence-electron chi connectivity index (χ2n) is 5.07. The lowest BCUT2D eigenvalue weighted by atomic mass is 9.90. The quantitative estimate of drug-likeness (QED) is 0.778. The molecule has 2 heteroatoms. The lowest BCUT2D eigenvalue weighted by Crippen LogP contribution is -2.18. The summed E-state index contributed by atoms with van der Waals surface area (Å²) in [7, 11) is 0. The van der Waals surface area contributed by atoms with Gasteiger partial charge in [0.15, 0.2) is 0 Å². The molecular weight excluding hydrogens is 220 g/mol. The molecule has 1 aliphatic rings. The molecule has 0 saturated heterocycles. The van der Waals surface area contributed by atoms with Crippen molar-refractivity contribution in [1.29, 1.82) is 5.26 Å². The molecule has 0 aliphatic heterocycles. The summed E-state index contributed by atoms with van der Waals surface area (Å²) >= 11 is 0. The molecule has 0 atom stereocenters. The van der Waals surface area contributed by atoms with Crippen molar-refractivity contribution in [2.45, 2.75) is 44.9 Å². The van der Waals surface area contributed by atoms with E-state index >= 15 is 0 Å². The highest BCUT2D eigenvalue weighted by molar-refractivity contribution is 5.33. The fourth-order valence-corrected chi connectivity index (χ4v) is 2.59. The van der Waals surface area contributed by atoms with Crippen LogP contribution in [0.3, 0.4) is 0 Å². The second-order valence-corrected chi connectivity index (χ2v) is 5.07. The highest BCUT2D eigenvalue weighted by Crippen LogP contribution is 2.22. The summed E-state index contributed by atoms with van der Waals surface area (Å²) in [4.78, 5) is 0. The fraction of sp³-hybridized carbons (Fsp3) is 0.562. The van der Waals surface area contributed by atoms with Gasteiger partial charge in [-0.3, -0.25) is 0 Å². The molecule has 0 saturated carbocycles. The maximum Gasteiger partial charge on any atom is 0.0622 e. The van der Waals surface area contributed by atoms with E-state index in [4.69, 9.17) is 5.26 Å². The molecule has 0 radical (unpaired) electrons. The molecule has 0 bridgehead atoms. The molecule has 96 valence electrons. The van der Waals surface area contributed by atoms with Crippen LogP contribution in [0.5, 0.6) is 0 Å². The van der Waals surface area contributed by atoms with Crippen LogP contribution in [0.1, 0.15) is 42.4 Å². The molecule has 2 rings (SSSR count). The summed E-state index contributed by atoms with van der Waals surface area (Å²) in [6.07, 6.45) is 7.95. The van der Waals surface area contributed by atoms with Crippen molar-refractivity contribution in [3.8, 4) is 6.07 Å². The lowest BCUT2D eigenvalue weighted by molar-refractivity contribution is 0.652. The highest BCUT2D eigenvalue weighted by atomic mass is 14.8. The molecule has 0 unspecified atom stereocenters. The largest absolute Gasteiger partial charge is 0.316 e. The zero-order valence-corrected chi connectivity index (χ0v) is 11.0. The van der Waals surface area contributed by atoms with Crippen LogP contribution in [0.4, 0.5) is 0 Å². The number of hydrogen-bond acceptors (Lipinski definition) is 2. The Labute approximate surface area is 110 Å². The lowest BCUT2D eigenvalue weighted by Gasteiger charge is -2.16. The molecule has 0 aromatic heterocycles. The second kappa shape index (κ2) is 7.18. The maximum atomic E-state index is 8.44. The number of benzene rings is 1. The minimum atomic E-state index is 0.659. The van der Waals surface area contributed by atoms with E-state index in [0.717, 1.165) is 25.9 Å². The van der Waals surface area contributed by atoms with Gasteiger partial charge in [-0.2, -0.15) is 5.26 Å². The van der Waals surface area contributed by atoms with E-state index in [2.05, 4.69) is 29.6 Å². The van der Waals surface area contributed by atoms with Crippen molar-refractivity contribution in [2.24, 2.45) is 0 Å². The summed E-state index contributed by atoms with van der Waals surface area (Å²) in [6.45, 7) is 1.97. The minimum Gasteiger partial charge on any atom is -0.316 e. The number of nitriles is 1. The molecule has 0 spiro atoms. The van der Waals surface area contributed by atoms with Gasteiger partial charge in [0.25, 0.3) is 0 Å². The van der Waals surface area contributed by atoms with E-state index in [1.54, 1.807) is 11.1 Å². The maximum absolute atomic E-state index is 8.44. The van der Waals surface area contributed by atoms with Gasteiger partial charge in [0.1, 0.15) is 0 Å². The molecule has 1 aliphatic carbocycles. The standard InChI is InChI=1S/C16H22N2/c17-10-3-4-11-18-12-9-14-7-8-15-5-1-2-6-16(15)13-14/h7-8,13,18H,1-6,9,11-12H2. The Balaban J connectivity index is 1.74. The Morgan fingerprint density at radius 3 is 2.78 bits per heavy atom. The molecule has 0 fully saturated rings. The van der Waals surface area contributed by atoms with E-state index in [1.165, 1.54) is 31.2 Å². The van der Waals surface area contributed by atoms with Crippen molar-refractivity contribution < 1.29 is 0 Å². The SMILES string of the molecule is N#CCCCNCCc1ccc2c(c1)CCCC2. The monoisotopic (exact) mass is 242 g/mol. The van der Waals surface area contributed by atoms with Gasteiger partial charge in [-0.15, -0.1) is 0 Å². The van der Waals surface area contributed by atoms with Crippen LogP contribution in [-0.2, 0) is 19.3 Å². The fourth-order valence-electron chi connectivity index (χ4n) is 2.59. The molecule has 0 amide bonds. The smallest absolute Gasteiger partial charge is 0.0622 e. The first-order valence-corrected chi connectivity index (χ1v) is 7.08. The van der Waals surface area contributed by atoms with Crippen molar-refractivity contribution >= 4 is 0 Å². The van der Waals surface area contributed by atoms with Crippen molar-refractivity contribution in [3.05, 3.63) is 34.9 Å². The summed E-state index contributed by atoms with van der Waals surface area (Å²) in [5.74, 6) is 0. The molecule has 1 aromatic carbocycles. The third kappa shape index (κ3) is 3.85. The van der Waals surface area contributed by atoms with Crippen LogP contribution in [0.15, 0.2) is 18.2 Å². The Hall–Kier alpha value is -1.33. The van der Waals surface area contributed by atoms with E-state index in [0.29, 0.717) is 6.42 Å². The van der Waals surface area contributed by atoms with Crippen molar-refractivity contribution in [2.75, 3.05) is 13.1 Å². The van der Waals surface area contributed by atoms with Gasteiger partial charge in [-0.1, -0.05) is 18.2 Å². The molecule has 1 N–H and O–H groups in total. The molecule has 1 aromatic rings. The summed E-state index contributed by atoms with van der Waals surface area (Å²) in [6, 6.07) is 9.16. The molecule has 2 nitrogen and oxygen atoms in total. The number of fused-ring (bicyclic) bond motifs is 1. The Kier molecular flexibility index (Phi) is 5.23. The van der Waals surface area contributed by atoms with E-state index in [-0.39, 0.29) is 0 Å². The third-order valence-corrected chi connectivity index (χ3v) is 3.65. The number of nitrogens with zero attached hydrogens (tertiary/aromatic N) is 1. The van der Waals surface area contributed by atoms with Crippen molar-refractivity contribution in [3.63, 3.8) is 0 Å². The van der Waals surface area contributed by atoms with Gasteiger partial charge < -0.3 is 5.32 Å². The van der Waals surface area contributed by atoms with E-state index in [9.17, 15) is 0 Å². The predicted molar refractivity (Wildman–Crippen MR) is 74.5 cm³/mol. The zero-order chi connectivity index (χ0) is 12.6.